The molecule has 2 aromatic carbocycles. The number of hydrogen-bond donors (Lipinski definition) is 0. The predicted octanol–water partition coefficient (Wildman–Crippen LogP) is 3.78. The van der Waals surface area contributed by atoms with Gasteiger partial charge in [-0.25, -0.2) is 9.98 Å². The fourth-order valence-electron chi connectivity index (χ4n) is 2.92. The van der Waals surface area contributed by atoms with Crippen molar-refractivity contribution < 1.29 is 0 Å². The molecule has 0 aromatic heterocycles. The summed E-state index contributed by atoms with van der Waals surface area (Å²) >= 11 is 0. The average molecular weight is 285 g/mol. The molecule has 0 unspecified atom stereocenters. The van der Waals surface area contributed by atoms with E-state index in [1.54, 1.807) is 0 Å². The number of rotatable bonds is 0. The molecule has 2 aromatic rings. The van der Waals surface area contributed by atoms with Gasteiger partial charge >= 0.3 is 0 Å². The second-order valence-electron chi connectivity index (χ2n) is 5.41. The zero-order valence-electron chi connectivity index (χ0n) is 12.4. The van der Waals surface area contributed by atoms with Gasteiger partial charge in [0.1, 0.15) is 5.84 Å². The van der Waals surface area contributed by atoms with Crippen LogP contribution in [-0.4, -0.2) is 23.6 Å². The number of hydrogen-bond acceptors (Lipinski definition) is 2. The van der Waals surface area contributed by atoms with E-state index in [9.17, 15) is 0 Å². The van der Waals surface area contributed by atoms with E-state index in [-0.39, 0.29) is 0 Å². The summed E-state index contributed by atoms with van der Waals surface area (Å²) in [6.07, 6.45) is 0. The monoisotopic (exact) mass is 285 g/mol. The van der Waals surface area contributed by atoms with Gasteiger partial charge in [0.25, 0.3) is 0 Å². The van der Waals surface area contributed by atoms with Crippen LogP contribution in [0.1, 0.15) is 22.3 Å². The van der Waals surface area contributed by atoms with Crippen LogP contribution in [0.2, 0.25) is 0 Å². The van der Waals surface area contributed by atoms with Crippen molar-refractivity contribution in [1.29, 1.82) is 0 Å². The molecule has 0 spiro atoms. The Hall–Kier alpha value is -2.94. The van der Waals surface area contributed by atoms with Gasteiger partial charge in [0.15, 0.2) is 5.84 Å². The molecule has 2 aliphatic rings. The fraction of sp³-hybridized carbons (Fsp3) is 0.0526. The van der Waals surface area contributed by atoms with E-state index in [1.807, 2.05) is 48.3 Å². The molecule has 0 saturated carbocycles. The number of fused-ring (bicyclic) bond motifs is 2. The number of benzene rings is 2. The SMILES string of the molecule is C=C1N=C(N=C2c3ccccc3C(=C)N2C)c2ccccc21. The molecule has 0 amide bonds. The summed E-state index contributed by atoms with van der Waals surface area (Å²) in [6, 6.07) is 16.2. The lowest BCUT2D eigenvalue weighted by Crippen LogP contribution is -2.19. The van der Waals surface area contributed by atoms with Crippen LogP contribution in [0, 0.1) is 0 Å². The molecule has 106 valence electrons. The third-order valence-corrected chi connectivity index (χ3v) is 4.13. The minimum Gasteiger partial charge on any atom is -0.329 e. The first-order valence-electron chi connectivity index (χ1n) is 7.15. The van der Waals surface area contributed by atoms with E-state index in [0.717, 1.165) is 39.5 Å². The Labute approximate surface area is 129 Å². The topological polar surface area (TPSA) is 28.0 Å². The average Bonchev–Trinajstić information content (AvgIpc) is 2.99. The van der Waals surface area contributed by atoms with Crippen LogP contribution in [-0.2, 0) is 0 Å². The maximum absolute atomic E-state index is 4.81. The van der Waals surface area contributed by atoms with Crippen LogP contribution < -0.4 is 0 Å². The van der Waals surface area contributed by atoms with Crippen molar-refractivity contribution in [3.63, 3.8) is 0 Å². The Kier molecular flexibility index (Phi) is 2.63. The summed E-state index contributed by atoms with van der Waals surface area (Å²) in [5, 5.41) is 0. The molecule has 2 aliphatic heterocycles. The van der Waals surface area contributed by atoms with E-state index < -0.39 is 0 Å². The molecule has 0 fully saturated rings. The summed E-state index contributed by atoms with van der Waals surface area (Å²) < 4.78 is 0. The first-order chi connectivity index (χ1) is 10.7. The molecule has 0 aliphatic carbocycles. The third kappa shape index (κ3) is 1.69. The van der Waals surface area contributed by atoms with Crippen LogP contribution in [0.4, 0.5) is 0 Å². The molecule has 0 atom stereocenters. The molecule has 22 heavy (non-hydrogen) atoms. The zero-order valence-corrected chi connectivity index (χ0v) is 12.4. The summed E-state index contributed by atoms with van der Waals surface area (Å²) in [5.74, 6) is 1.59. The van der Waals surface area contributed by atoms with Gasteiger partial charge in [-0.3, -0.25) is 0 Å². The molecular formula is C19H15N3. The highest BCUT2D eigenvalue weighted by Crippen LogP contribution is 2.32. The minimum atomic E-state index is 0.715. The van der Waals surface area contributed by atoms with Crippen molar-refractivity contribution in [2.75, 3.05) is 7.05 Å². The van der Waals surface area contributed by atoms with Gasteiger partial charge in [-0.1, -0.05) is 61.7 Å². The standard InChI is InChI=1S/C19H15N3/c1-12-14-8-4-6-10-16(14)18(20-12)21-19-17-11-7-5-9-15(17)13(2)22(19)3/h4-11H,1-2H2,3H3. The molecule has 0 radical (unpaired) electrons. The summed E-state index contributed by atoms with van der Waals surface area (Å²) in [5.41, 5.74) is 6.02. The highest BCUT2D eigenvalue weighted by molar-refractivity contribution is 6.20. The predicted molar refractivity (Wildman–Crippen MR) is 91.8 cm³/mol. The largest absolute Gasteiger partial charge is 0.329 e. The highest BCUT2D eigenvalue weighted by atomic mass is 15.2. The first kappa shape index (κ1) is 12.8. The van der Waals surface area contributed by atoms with Crippen molar-refractivity contribution >= 4 is 23.1 Å². The van der Waals surface area contributed by atoms with Crippen molar-refractivity contribution in [2.45, 2.75) is 0 Å². The van der Waals surface area contributed by atoms with Crippen LogP contribution in [0.25, 0.3) is 11.4 Å². The third-order valence-electron chi connectivity index (χ3n) is 4.13. The normalized spacial score (nSPS) is 17.8. The van der Waals surface area contributed by atoms with Crippen LogP contribution in [0.5, 0.6) is 0 Å². The molecule has 0 bridgehead atoms. The Morgan fingerprint density at radius 2 is 1.45 bits per heavy atom. The quantitative estimate of drug-likeness (QED) is 0.724. The van der Waals surface area contributed by atoms with Crippen LogP contribution in [0.15, 0.2) is 71.7 Å². The van der Waals surface area contributed by atoms with Crippen molar-refractivity contribution in [1.82, 2.24) is 4.90 Å². The molecule has 3 nitrogen and oxygen atoms in total. The number of nitrogens with zero attached hydrogens (tertiary/aromatic N) is 3. The van der Waals surface area contributed by atoms with E-state index in [0.29, 0.717) is 5.84 Å². The van der Waals surface area contributed by atoms with E-state index >= 15 is 0 Å². The maximum atomic E-state index is 4.81. The van der Waals surface area contributed by atoms with Gasteiger partial charge in [0.05, 0.1) is 5.70 Å². The molecule has 3 heteroatoms. The summed E-state index contributed by atoms with van der Waals surface area (Å²) in [4.78, 5) is 11.4. The first-order valence-corrected chi connectivity index (χ1v) is 7.15. The smallest absolute Gasteiger partial charge is 0.162 e. The van der Waals surface area contributed by atoms with Gasteiger partial charge in [0, 0.05) is 35.0 Å². The van der Waals surface area contributed by atoms with Gasteiger partial charge in [-0.05, 0) is 0 Å². The lowest BCUT2D eigenvalue weighted by molar-refractivity contribution is 0.741. The molecular weight excluding hydrogens is 270 g/mol. The molecule has 2 heterocycles. The van der Waals surface area contributed by atoms with Crippen molar-refractivity contribution in [3.8, 4) is 0 Å². The van der Waals surface area contributed by atoms with Crippen molar-refractivity contribution in [3.05, 3.63) is 83.9 Å². The Morgan fingerprint density at radius 3 is 2.18 bits per heavy atom. The van der Waals surface area contributed by atoms with E-state index in [4.69, 9.17) is 4.99 Å². The second-order valence-corrected chi connectivity index (χ2v) is 5.41. The number of aliphatic imine (C=N–C) groups is 2. The lowest BCUT2D eigenvalue weighted by atomic mass is 10.1. The van der Waals surface area contributed by atoms with Gasteiger partial charge in [-0.15, -0.1) is 0 Å². The maximum Gasteiger partial charge on any atom is 0.162 e. The number of amidine groups is 2. The van der Waals surface area contributed by atoms with Gasteiger partial charge in [0.2, 0.25) is 0 Å². The Bertz CT molecular complexity index is 887. The van der Waals surface area contributed by atoms with Crippen molar-refractivity contribution in [2.24, 2.45) is 9.98 Å². The van der Waals surface area contributed by atoms with E-state index in [1.165, 1.54) is 0 Å². The Balaban J connectivity index is 1.87. The van der Waals surface area contributed by atoms with E-state index in [2.05, 4.69) is 30.3 Å². The summed E-state index contributed by atoms with van der Waals surface area (Å²) in [7, 11) is 1.98. The van der Waals surface area contributed by atoms with Crippen LogP contribution >= 0.6 is 0 Å². The summed E-state index contributed by atoms with van der Waals surface area (Å²) in [6.45, 7) is 8.16. The highest BCUT2D eigenvalue weighted by Gasteiger charge is 2.27. The molecule has 4 rings (SSSR count). The van der Waals surface area contributed by atoms with Gasteiger partial charge in [-0.2, -0.15) is 0 Å². The molecule has 0 N–H and O–H groups in total. The Morgan fingerprint density at radius 1 is 0.864 bits per heavy atom. The fourth-order valence-corrected chi connectivity index (χ4v) is 2.92. The lowest BCUT2D eigenvalue weighted by Gasteiger charge is -2.13. The molecule has 0 saturated heterocycles. The van der Waals surface area contributed by atoms with Gasteiger partial charge < -0.3 is 4.90 Å². The minimum absolute atomic E-state index is 0.715. The zero-order chi connectivity index (χ0) is 15.3. The van der Waals surface area contributed by atoms with Crippen LogP contribution in [0.3, 0.4) is 0 Å². The second kappa shape index (κ2) is 4.53.